The molecule has 0 aliphatic carbocycles. The van der Waals surface area contributed by atoms with E-state index in [1.807, 2.05) is 24.3 Å². The van der Waals surface area contributed by atoms with Gasteiger partial charge in [0.05, 0.1) is 24.8 Å². The monoisotopic (exact) mass is 259 g/mol. The first-order valence-corrected chi connectivity index (χ1v) is 6.51. The number of nitrogens with zero attached hydrogens (tertiary/aromatic N) is 2. The molecule has 100 valence electrons. The molecule has 19 heavy (non-hydrogen) atoms. The van der Waals surface area contributed by atoms with Crippen LogP contribution in [0.5, 0.6) is 11.8 Å². The van der Waals surface area contributed by atoms with Gasteiger partial charge in [0.1, 0.15) is 0 Å². The van der Waals surface area contributed by atoms with Crippen molar-refractivity contribution in [1.29, 1.82) is 0 Å². The molecule has 1 aliphatic rings. The predicted molar refractivity (Wildman–Crippen MR) is 72.6 cm³/mol. The van der Waals surface area contributed by atoms with Gasteiger partial charge >= 0.3 is 0 Å². The maximum Gasteiger partial charge on any atom is 0.278 e. The predicted octanol–water partition coefficient (Wildman–Crippen LogP) is 1.63. The topological polar surface area (TPSA) is 56.3 Å². The van der Waals surface area contributed by atoms with Crippen LogP contribution in [0.3, 0.4) is 0 Å². The number of methoxy groups -OCH3 is 1. The average molecular weight is 259 g/mol. The molecule has 0 amide bonds. The Labute approximate surface area is 112 Å². The zero-order valence-corrected chi connectivity index (χ0v) is 10.9. The van der Waals surface area contributed by atoms with Crippen LogP contribution in [0, 0.1) is 5.92 Å². The fourth-order valence-electron chi connectivity index (χ4n) is 2.25. The molecule has 0 unspecified atom stereocenters. The minimum Gasteiger partial charge on any atom is -0.477 e. The number of benzene rings is 1. The van der Waals surface area contributed by atoms with Gasteiger partial charge in [-0.2, -0.15) is 0 Å². The summed E-state index contributed by atoms with van der Waals surface area (Å²) in [6.45, 7) is 2.72. The first-order valence-electron chi connectivity index (χ1n) is 6.51. The molecule has 0 radical (unpaired) electrons. The highest BCUT2D eigenvalue weighted by molar-refractivity contribution is 5.75. The number of aromatic nitrogens is 2. The molecule has 2 heterocycles. The van der Waals surface area contributed by atoms with E-state index in [4.69, 9.17) is 9.47 Å². The van der Waals surface area contributed by atoms with Crippen LogP contribution in [0.15, 0.2) is 24.3 Å². The van der Waals surface area contributed by atoms with Crippen molar-refractivity contribution < 1.29 is 9.47 Å². The highest BCUT2D eigenvalue weighted by Gasteiger charge is 2.17. The molecule has 5 nitrogen and oxygen atoms in total. The average Bonchev–Trinajstić information content (AvgIpc) is 2.97. The number of nitrogens with one attached hydrogen (secondary N) is 1. The van der Waals surface area contributed by atoms with Crippen LogP contribution in [0.25, 0.3) is 11.0 Å². The third-order valence-corrected chi connectivity index (χ3v) is 3.32. The van der Waals surface area contributed by atoms with Crippen molar-refractivity contribution in [3.05, 3.63) is 24.3 Å². The standard InChI is InChI=1S/C14H17N3O2/c1-18-13-14(19-9-10-6-7-15-8-10)17-12-5-3-2-4-11(12)16-13/h2-5,10,15H,6-9H2,1H3/t10-/m0/s1. The summed E-state index contributed by atoms with van der Waals surface area (Å²) in [7, 11) is 1.59. The Morgan fingerprint density at radius 1 is 1.21 bits per heavy atom. The third-order valence-electron chi connectivity index (χ3n) is 3.32. The van der Waals surface area contributed by atoms with Crippen molar-refractivity contribution in [2.45, 2.75) is 6.42 Å². The molecule has 1 aromatic heterocycles. The molecule has 5 heteroatoms. The molecule has 3 rings (SSSR count). The van der Waals surface area contributed by atoms with Crippen molar-refractivity contribution >= 4 is 11.0 Å². The molecular formula is C14H17N3O2. The van der Waals surface area contributed by atoms with E-state index in [0.29, 0.717) is 24.3 Å². The summed E-state index contributed by atoms with van der Waals surface area (Å²) >= 11 is 0. The summed E-state index contributed by atoms with van der Waals surface area (Å²) in [6, 6.07) is 7.70. The van der Waals surface area contributed by atoms with E-state index in [1.165, 1.54) is 0 Å². The van der Waals surface area contributed by atoms with Gasteiger partial charge in [0.2, 0.25) is 0 Å². The fraction of sp³-hybridized carbons (Fsp3) is 0.429. The summed E-state index contributed by atoms with van der Waals surface area (Å²) in [5.41, 5.74) is 1.64. The summed E-state index contributed by atoms with van der Waals surface area (Å²) in [5, 5.41) is 3.32. The van der Waals surface area contributed by atoms with Gasteiger partial charge < -0.3 is 14.8 Å². The molecular weight excluding hydrogens is 242 g/mol. The van der Waals surface area contributed by atoms with E-state index < -0.39 is 0 Å². The van der Waals surface area contributed by atoms with Crippen molar-refractivity contribution in [3.8, 4) is 11.8 Å². The lowest BCUT2D eigenvalue weighted by Gasteiger charge is -2.12. The smallest absolute Gasteiger partial charge is 0.278 e. The molecule has 0 spiro atoms. The Kier molecular flexibility index (Phi) is 3.46. The van der Waals surface area contributed by atoms with E-state index in [-0.39, 0.29) is 0 Å². The van der Waals surface area contributed by atoms with Gasteiger partial charge in [-0.15, -0.1) is 0 Å². The number of rotatable bonds is 4. The van der Waals surface area contributed by atoms with E-state index in [0.717, 1.165) is 30.5 Å². The van der Waals surface area contributed by atoms with Gasteiger partial charge in [-0.1, -0.05) is 12.1 Å². The number of hydrogen-bond acceptors (Lipinski definition) is 5. The molecule has 0 bridgehead atoms. The van der Waals surface area contributed by atoms with Crippen LogP contribution in [0.1, 0.15) is 6.42 Å². The molecule has 0 saturated carbocycles. The van der Waals surface area contributed by atoms with Crippen molar-refractivity contribution in [1.82, 2.24) is 15.3 Å². The van der Waals surface area contributed by atoms with Crippen LogP contribution in [0.2, 0.25) is 0 Å². The minimum absolute atomic E-state index is 0.449. The Morgan fingerprint density at radius 2 is 1.95 bits per heavy atom. The van der Waals surface area contributed by atoms with Crippen molar-refractivity contribution in [2.75, 3.05) is 26.8 Å². The van der Waals surface area contributed by atoms with Gasteiger partial charge in [-0.05, 0) is 25.1 Å². The second kappa shape index (κ2) is 5.40. The maximum absolute atomic E-state index is 5.78. The lowest BCUT2D eigenvalue weighted by atomic mass is 10.1. The van der Waals surface area contributed by atoms with Gasteiger partial charge in [0.15, 0.2) is 0 Å². The van der Waals surface area contributed by atoms with E-state index in [1.54, 1.807) is 7.11 Å². The number of para-hydroxylation sites is 2. The zero-order valence-electron chi connectivity index (χ0n) is 10.9. The largest absolute Gasteiger partial charge is 0.477 e. The molecule has 1 atom stereocenters. The summed E-state index contributed by atoms with van der Waals surface area (Å²) in [5.74, 6) is 1.47. The molecule has 1 N–H and O–H groups in total. The zero-order chi connectivity index (χ0) is 13.1. The Balaban J connectivity index is 1.83. The first-order chi connectivity index (χ1) is 9.36. The van der Waals surface area contributed by atoms with E-state index in [9.17, 15) is 0 Å². The van der Waals surface area contributed by atoms with Gasteiger partial charge in [-0.25, -0.2) is 9.97 Å². The summed E-state index contributed by atoms with van der Waals surface area (Å²) in [4.78, 5) is 8.89. The van der Waals surface area contributed by atoms with E-state index >= 15 is 0 Å². The number of ether oxygens (including phenoxy) is 2. The van der Waals surface area contributed by atoms with Gasteiger partial charge in [-0.3, -0.25) is 0 Å². The van der Waals surface area contributed by atoms with Crippen LogP contribution >= 0.6 is 0 Å². The molecule has 1 fully saturated rings. The molecule has 2 aromatic rings. The number of hydrogen-bond donors (Lipinski definition) is 1. The normalized spacial score (nSPS) is 18.7. The Bertz CT molecular complexity index is 568. The van der Waals surface area contributed by atoms with Crippen molar-refractivity contribution in [3.63, 3.8) is 0 Å². The van der Waals surface area contributed by atoms with Crippen LogP contribution in [0.4, 0.5) is 0 Å². The third kappa shape index (κ3) is 2.61. The quantitative estimate of drug-likeness (QED) is 0.904. The minimum atomic E-state index is 0.449. The Morgan fingerprint density at radius 3 is 2.58 bits per heavy atom. The Hall–Kier alpha value is -1.88. The lowest BCUT2D eigenvalue weighted by molar-refractivity contribution is 0.236. The van der Waals surface area contributed by atoms with Crippen molar-refractivity contribution in [2.24, 2.45) is 5.92 Å². The van der Waals surface area contributed by atoms with E-state index in [2.05, 4.69) is 15.3 Å². The molecule has 1 aromatic carbocycles. The van der Waals surface area contributed by atoms with Crippen LogP contribution < -0.4 is 14.8 Å². The highest BCUT2D eigenvalue weighted by atomic mass is 16.5. The SMILES string of the molecule is COc1nc2ccccc2nc1OC[C@H]1CCNC1. The van der Waals surface area contributed by atoms with Gasteiger partial charge in [0, 0.05) is 12.5 Å². The second-order valence-electron chi connectivity index (χ2n) is 4.70. The lowest BCUT2D eigenvalue weighted by Crippen LogP contribution is -2.16. The summed E-state index contributed by atoms with van der Waals surface area (Å²) < 4.78 is 11.0. The second-order valence-corrected chi connectivity index (χ2v) is 4.70. The van der Waals surface area contributed by atoms with Crippen LogP contribution in [-0.4, -0.2) is 36.8 Å². The summed E-state index contributed by atoms with van der Waals surface area (Å²) in [6.07, 6.45) is 1.14. The first kappa shape index (κ1) is 12.2. The maximum atomic E-state index is 5.78. The molecule has 1 saturated heterocycles. The van der Waals surface area contributed by atoms with Crippen LogP contribution in [-0.2, 0) is 0 Å². The highest BCUT2D eigenvalue weighted by Crippen LogP contribution is 2.25. The fourth-order valence-corrected chi connectivity index (χ4v) is 2.25. The number of fused-ring (bicyclic) bond motifs is 1. The molecule has 1 aliphatic heterocycles. The van der Waals surface area contributed by atoms with Gasteiger partial charge in [0.25, 0.3) is 11.8 Å².